The Morgan fingerprint density at radius 2 is 2.33 bits per heavy atom. The van der Waals surface area contributed by atoms with Crippen LogP contribution in [0.5, 0.6) is 0 Å². The van der Waals surface area contributed by atoms with Crippen LogP contribution in [0, 0.1) is 0 Å². The lowest BCUT2D eigenvalue weighted by molar-refractivity contribution is -0.0930. The van der Waals surface area contributed by atoms with E-state index in [-0.39, 0.29) is 6.10 Å². The van der Waals surface area contributed by atoms with Crippen molar-refractivity contribution in [2.24, 2.45) is 0 Å². The molecule has 1 fully saturated rings. The van der Waals surface area contributed by atoms with E-state index in [0.717, 1.165) is 11.0 Å². The molecular weight excluding hydrogens is 254 g/mol. The first-order valence-electron chi connectivity index (χ1n) is 5.84. The molecule has 1 saturated heterocycles. The first kappa shape index (κ1) is 11.8. The molecule has 5 nitrogen and oxygen atoms in total. The standard InChI is InChI=1S/C12H14ClN3O2/c13-8-1-2-10-11(5-8)16(12(14)15-10)6-9-7-17-3-4-18-9/h1-2,5,9H,3-4,6-7H2,(H2,14,15). The third-order valence-electron chi connectivity index (χ3n) is 3.01. The molecule has 0 saturated carbocycles. The third kappa shape index (κ3) is 2.16. The Labute approximate surface area is 109 Å². The van der Waals surface area contributed by atoms with Gasteiger partial charge in [0.25, 0.3) is 0 Å². The van der Waals surface area contributed by atoms with Gasteiger partial charge >= 0.3 is 0 Å². The summed E-state index contributed by atoms with van der Waals surface area (Å²) in [6.07, 6.45) is 0.0115. The van der Waals surface area contributed by atoms with E-state index in [9.17, 15) is 0 Å². The fraction of sp³-hybridized carbons (Fsp3) is 0.417. The van der Waals surface area contributed by atoms with E-state index in [0.29, 0.717) is 37.3 Å². The van der Waals surface area contributed by atoms with Crippen molar-refractivity contribution in [3.63, 3.8) is 0 Å². The maximum Gasteiger partial charge on any atom is 0.201 e. The number of anilines is 1. The predicted octanol–water partition coefficient (Wildman–Crippen LogP) is 1.69. The van der Waals surface area contributed by atoms with Gasteiger partial charge in [0, 0.05) is 5.02 Å². The molecule has 2 aromatic rings. The van der Waals surface area contributed by atoms with Gasteiger partial charge in [-0.15, -0.1) is 0 Å². The number of nitrogens with zero attached hydrogens (tertiary/aromatic N) is 2. The second kappa shape index (κ2) is 4.76. The number of benzene rings is 1. The fourth-order valence-corrected chi connectivity index (χ4v) is 2.32. The highest BCUT2D eigenvalue weighted by atomic mass is 35.5. The first-order valence-corrected chi connectivity index (χ1v) is 6.22. The van der Waals surface area contributed by atoms with Crippen molar-refractivity contribution in [2.45, 2.75) is 12.6 Å². The van der Waals surface area contributed by atoms with Gasteiger partial charge in [-0.3, -0.25) is 0 Å². The number of nitrogens with two attached hydrogens (primary N) is 1. The molecule has 0 amide bonds. The van der Waals surface area contributed by atoms with E-state index in [1.54, 1.807) is 6.07 Å². The van der Waals surface area contributed by atoms with Crippen molar-refractivity contribution in [3.05, 3.63) is 23.2 Å². The maximum absolute atomic E-state index is 6.00. The lowest BCUT2D eigenvalue weighted by Crippen LogP contribution is -2.32. The van der Waals surface area contributed by atoms with Gasteiger partial charge in [-0.25, -0.2) is 4.98 Å². The minimum absolute atomic E-state index is 0.0115. The van der Waals surface area contributed by atoms with Crippen LogP contribution in [0.25, 0.3) is 11.0 Å². The zero-order valence-electron chi connectivity index (χ0n) is 9.80. The van der Waals surface area contributed by atoms with Gasteiger partial charge in [0.1, 0.15) is 0 Å². The molecule has 0 radical (unpaired) electrons. The smallest absolute Gasteiger partial charge is 0.201 e. The van der Waals surface area contributed by atoms with Gasteiger partial charge in [0.2, 0.25) is 5.95 Å². The molecule has 1 aliphatic heterocycles. The van der Waals surface area contributed by atoms with Crippen LogP contribution < -0.4 is 5.73 Å². The summed E-state index contributed by atoms with van der Waals surface area (Å²) in [6.45, 7) is 2.49. The Bertz CT molecular complexity index is 564. The first-order chi connectivity index (χ1) is 8.74. The van der Waals surface area contributed by atoms with Crippen molar-refractivity contribution in [1.29, 1.82) is 0 Å². The molecule has 1 aromatic heterocycles. The second-order valence-electron chi connectivity index (χ2n) is 4.28. The molecule has 6 heteroatoms. The summed E-state index contributed by atoms with van der Waals surface area (Å²) in [7, 11) is 0. The minimum Gasteiger partial charge on any atom is -0.376 e. The summed E-state index contributed by atoms with van der Waals surface area (Å²) < 4.78 is 12.9. The van der Waals surface area contributed by atoms with Crippen molar-refractivity contribution in [3.8, 4) is 0 Å². The van der Waals surface area contributed by atoms with E-state index in [2.05, 4.69) is 4.98 Å². The minimum atomic E-state index is 0.0115. The van der Waals surface area contributed by atoms with Crippen LogP contribution in [0.4, 0.5) is 5.95 Å². The van der Waals surface area contributed by atoms with Gasteiger partial charge < -0.3 is 19.8 Å². The summed E-state index contributed by atoms with van der Waals surface area (Å²) >= 11 is 6.00. The van der Waals surface area contributed by atoms with Crippen LogP contribution in [0.2, 0.25) is 5.02 Å². The molecule has 0 spiro atoms. The highest BCUT2D eigenvalue weighted by Gasteiger charge is 2.18. The number of nitrogen functional groups attached to an aromatic ring is 1. The normalized spacial score (nSPS) is 20.4. The molecule has 96 valence electrons. The molecule has 2 heterocycles. The number of hydrogen-bond donors (Lipinski definition) is 1. The molecule has 1 aromatic carbocycles. The fourth-order valence-electron chi connectivity index (χ4n) is 2.15. The summed E-state index contributed by atoms with van der Waals surface area (Å²) in [5.74, 6) is 0.474. The average molecular weight is 268 g/mol. The Morgan fingerprint density at radius 1 is 1.44 bits per heavy atom. The highest BCUT2D eigenvalue weighted by Crippen LogP contribution is 2.22. The Hall–Kier alpha value is -1.30. The van der Waals surface area contributed by atoms with Gasteiger partial charge in [-0.1, -0.05) is 11.6 Å². The largest absolute Gasteiger partial charge is 0.376 e. The number of aromatic nitrogens is 2. The summed E-state index contributed by atoms with van der Waals surface area (Å²) in [5.41, 5.74) is 7.70. The number of imidazole rings is 1. The van der Waals surface area contributed by atoms with Gasteiger partial charge in [0.15, 0.2) is 0 Å². The number of halogens is 1. The Morgan fingerprint density at radius 3 is 3.11 bits per heavy atom. The molecule has 2 N–H and O–H groups in total. The predicted molar refractivity (Wildman–Crippen MR) is 69.7 cm³/mol. The maximum atomic E-state index is 6.00. The number of rotatable bonds is 2. The highest BCUT2D eigenvalue weighted by molar-refractivity contribution is 6.31. The van der Waals surface area contributed by atoms with Gasteiger partial charge in [-0.05, 0) is 18.2 Å². The van der Waals surface area contributed by atoms with Crippen molar-refractivity contribution < 1.29 is 9.47 Å². The molecule has 18 heavy (non-hydrogen) atoms. The van der Waals surface area contributed by atoms with Crippen LogP contribution in [-0.2, 0) is 16.0 Å². The van der Waals surface area contributed by atoms with Gasteiger partial charge in [0.05, 0.1) is 43.5 Å². The molecule has 0 aliphatic carbocycles. The summed E-state index contributed by atoms with van der Waals surface area (Å²) in [5, 5.41) is 0.671. The van der Waals surface area contributed by atoms with Crippen molar-refractivity contribution >= 4 is 28.6 Å². The Balaban J connectivity index is 1.94. The quantitative estimate of drug-likeness (QED) is 0.899. The second-order valence-corrected chi connectivity index (χ2v) is 4.72. The molecular formula is C12H14ClN3O2. The summed E-state index contributed by atoms with van der Waals surface area (Å²) in [6, 6.07) is 5.54. The van der Waals surface area contributed by atoms with Crippen LogP contribution in [-0.4, -0.2) is 35.5 Å². The van der Waals surface area contributed by atoms with Crippen LogP contribution in [0.15, 0.2) is 18.2 Å². The molecule has 1 unspecified atom stereocenters. The molecule has 1 atom stereocenters. The number of ether oxygens (including phenoxy) is 2. The van der Waals surface area contributed by atoms with Gasteiger partial charge in [-0.2, -0.15) is 0 Å². The topological polar surface area (TPSA) is 62.3 Å². The lowest BCUT2D eigenvalue weighted by Gasteiger charge is -2.23. The molecule has 1 aliphatic rings. The van der Waals surface area contributed by atoms with E-state index < -0.39 is 0 Å². The van der Waals surface area contributed by atoms with E-state index in [1.807, 2.05) is 16.7 Å². The van der Waals surface area contributed by atoms with Crippen molar-refractivity contribution in [2.75, 3.05) is 25.6 Å². The average Bonchev–Trinajstić information content (AvgIpc) is 2.67. The van der Waals surface area contributed by atoms with Crippen LogP contribution >= 0.6 is 11.6 Å². The SMILES string of the molecule is Nc1nc2ccc(Cl)cc2n1CC1COCCO1. The zero-order chi connectivity index (χ0) is 12.5. The zero-order valence-corrected chi connectivity index (χ0v) is 10.6. The lowest BCUT2D eigenvalue weighted by atomic mass is 10.3. The van der Waals surface area contributed by atoms with Crippen LogP contribution in [0.1, 0.15) is 0 Å². The van der Waals surface area contributed by atoms with Crippen molar-refractivity contribution in [1.82, 2.24) is 9.55 Å². The monoisotopic (exact) mass is 267 g/mol. The van der Waals surface area contributed by atoms with Crippen LogP contribution in [0.3, 0.4) is 0 Å². The Kier molecular flexibility index (Phi) is 3.11. The number of fused-ring (bicyclic) bond motifs is 1. The molecule has 3 rings (SSSR count). The summed E-state index contributed by atoms with van der Waals surface area (Å²) in [4.78, 5) is 4.31. The number of hydrogen-bond acceptors (Lipinski definition) is 4. The third-order valence-corrected chi connectivity index (χ3v) is 3.25. The molecule has 0 bridgehead atoms. The van der Waals surface area contributed by atoms with E-state index in [1.165, 1.54) is 0 Å². The van der Waals surface area contributed by atoms with E-state index >= 15 is 0 Å². The van der Waals surface area contributed by atoms with E-state index in [4.69, 9.17) is 26.8 Å².